The van der Waals surface area contributed by atoms with Crippen molar-refractivity contribution < 1.29 is 0 Å². The third-order valence-electron chi connectivity index (χ3n) is 14.9. The van der Waals surface area contributed by atoms with Crippen LogP contribution in [0.2, 0.25) is 0 Å². The van der Waals surface area contributed by atoms with E-state index in [4.69, 9.17) is 0 Å². The fourth-order valence-electron chi connectivity index (χ4n) is 11.9. The van der Waals surface area contributed by atoms with Crippen molar-refractivity contribution in [3.63, 3.8) is 0 Å². The Morgan fingerprint density at radius 2 is 0.536 bits per heavy atom. The number of fused-ring (bicyclic) bond motifs is 6. The lowest BCUT2D eigenvalue weighted by Crippen LogP contribution is -2.28. The van der Waals surface area contributed by atoms with Gasteiger partial charge in [-0.15, -0.1) is 0 Å². The fraction of sp³-hybridized carbons (Fsp3) is 0.0294. The Morgan fingerprint density at radius 3 is 1.03 bits per heavy atom. The largest absolute Gasteiger partial charge is 0.310 e. The molecule has 0 bridgehead atoms. The number of hydrogen-bond donors (Lipinski definition) is 0. The van der Waals surface area contributed by atoms with Gasteiger partial charge in [-0.05, 0) is 131 Å². The molecule has 0 aliphatic heterocycles. The number of benzene rings is 11. The Labute approximate surface area is 404 Å². The Balaban J connectivity index is 0.960. The first kappa shape index (κ1) is 40.5. The van der Waals surface area contributed by atoms with Gasteiger partial charge in [0.2, 0.25) is 0 Å². The summed E-state index contributed by atoms with van der Waals surface area (Å²) in [7, 11) is 0. The van der Waals surface area contributed by atoms with E-state index in [9.17, 15) is 0 Å². The van der Waals surface area contributed by atoms with Crippen molar-refractivity contribution in [1.82, 2.24) is 0 Å². The predicted octanol–water partition coefficient (Wildman–Crippen LogP) is 17.2. The molecule has 69 heavy (non-hydrogen) atoms. The highest BCUT2D eigenvalue weighted by Gasteiger charge is 2.47. The van der Waals surface area contributed by atoms with E-state index in [-0.39, 0.29) is 0 Å². The van der Waals surface area contributed by atoms with E-state index in [1.54, 1.807) is 0 Å². The summed E-state index contributed by atoms with van der Waals surface area (Å²) >= 11 is 0. The van der Waals surface area contributed by atoms with Gasteiger partial charge >= 0.3 is 0 Å². The van der Waals surface area contributed by atoms with Crippen molar-refractivity contribution >= 4 is 17.1 Å². The Hall–Kier alpha value is -8.78. The van der Waals surface area contributed by atoms with Gasteiger partial charge in [0.15, 0.2) is 0 Å². The molecular formula is C68H47N. The molecule has 0 radical (unpaired) electrons. The summed E-state index contributed by atoms with van der Waals surface area (Å²) < 4.78 is 0. The van der Waals surface area contributed by atoms with Crippen LogP contribution in [-0.4, -0.2) is 0 Å². The molecule has 0 amide bonds. The Bertz CT molecular complexity index is 3540. The van der Waals surface area contributed by atoms with E-state index in [2.05, 4.69) is 290 Å². The van der Waals surface area contributed by atoms with Crippen molar-refractivity contribution in [3.05, 3.63) is 330 Å². The van der Waals surface area contributed by atoms with Gasteiger partial charge in [-0.3, -0.25) is 0 Å². The first-order valence-electron chi connectivity index (χ1n) is 24.0. The van der Waals surface area contributed by atoms with Crippen LogP contribution in [0.15, 0.2) is 285 Å². The molecule has 1 nitrogen and oxygen atoms in total. The zero-order chi connectivity index (χ0) is 45.8. The molecule has 324 valence electrons. The first-order chi connectivity index (χ1) is 34.2. The van der Waals surface area contributed by atoms with Crippen molar-refractivity contribution in [2.75, 3.05) is 4.90 Å². The topological polar surface area (TPSA) is 3.24 Å². The summed E-state index contributed by atoms with van der Waals surface area (Å²) in [6.45, 7) is 0. The molecule has 0 fully saturated rings. The van der Waals surface area contributed by atoms with E-state index < -0.39 is 10.8 Å². The van der Waals surface area contributed by atoms with Crippen LogP contribution in [0.5, 0.6) is 0 Å². The fourth-order valence-corrected chi connectivity index (χ4v) is 11.9. The minimum atomic E-state index is -0.512. The number of nitrogens with zero attached hydrogens (tertiary/aromatic N) is 1. The second kappa shape index (κ2) is 16.5. The lowest BCUT2D eigenvalue weighted by Gasteiger charge is -2.35. The molecule has 11 aromatic rings. The molecule has 1 heteroatoms. The van der Waals surface area contributed by atoms with Crippen LogP contribution < -0.4 is 4.90 Å². The van der Waals surface area contributed by atoms with Gasteiger partial charge in [-0.25, -0.2) is 0 Å². The quantitative estimate of drug-likeness (QED) is 0.140. The summed E-state index contributed by atoms with van der Waals surface area (Å²) in [5, 5.41) is 0. The van der Waals surface area contributed by atoms with Gasteiger partial charge < -0.3 is 4.90 Å². The molecule has 11 aromatic carbocycles. The average Bonchev–Trinajstić information content (AvgIpc) is 3.90. The van der Waals surface area contributed by atoms with Gasteiger partial charge in [0.05, 0.1) is 10.8 Å². The molecule has 0 saturated heterocycles. The van der Waals surface area contributed by atoms with E-state index in [1.165, 1.54) is 89.0 Å². The van der Waals surface area contributed by atoms with Crippen LogP contribution >= 0.6 is 0 Å². The van der Waals surface area contributed by atoms with E-state index >= 15 is 0 Å². The minimum Gasteiger partial charge on any atom is -0.310 e. The van der Waals surface area contributed by atoms with E-state index in [0.717, 1.165) is 17.1 Å². The van der Waals surface area contributed by atoms with Crippen molar-refractivity contribution in [2.24, 2.45) is 0 Å². The van der Waals surface area contributed by atoms with Gasteiger partial charge in [-0.1, -0.05) is 243 Å². The lowest BCUT2D eigenvalue weighted by atomic mass is 9.67. The minimum absolute atomic E-state index is 0.427. The third kappa shape index (κ3) is 6.32. The van der Waals surface area contributed by atoms with Crippen LogP contribution in [0.25, 0.3) is 44.5 Å². The Morgan fingerprint density at radius 1 is 0.203 bits per heavy atom. The highest BCUT2D eigenvalue weighted by molar-refractivity contribution is 5.91. The molecule has 0 atom stereocenters. The smallest absolute Gasteiger partial charge is 0.0714 e. The molecule has 13 rings (SSSR count). The summed E-state index contributed by atoms with van der Waals surface area (Å²) in [5.41, 5.74) is 22.5. The second-order valence-electron chi connectivity index (χ2n) is 18.3. The zero-order valence-corrected chi connectivity index (χ0v) is 38.1. The molecule has 0 saturated carbocycles. The predicted molar refractivity (Wildman–Crippen MR) is 287 cm³/mol. The zero-order valence-electron chi connectivity index (χ0n) is 38.1. The first-order valence-corrected chi connectivity index (χ1v) is 24.0. The summed E-state index contributed by atoms with van der Waals surface area (Å²) in [4.78, 5) is 2.43. The van der Waals surface area contributed by atoms with Gasteiger partial charge in [0, 0.05) is 17.1 Å². The van der Waals surface area contributed by atoms with Crippen LogP contribution in [0, 0.1) is 0 Å². The second-order valence-corrected chi connectivity index (χ2v) is 18.3. The van der Waals surface area contributed by atoms with E-state index in [0.29, 0.717) is 0 Å². The number of rotatable bonds is 9. The molecule has 2 aliphatic carbocycles. The van der Waals surface area contributed by atoms with Gasteiger partial charge in [0.25, 0.3) is 0 Å². The van der Waals surface area contributed by atoms with Crippen molar-refractivity contribution in [2.45, 2.75) is 10.8 Å². The van der Waals surface area contributed by atoms with Crippen molar-refractivity contribution in [3.8, 4) is 44.5 Å². The maximum atomic E-state index is 2.46. The van der Waals surface area contributed by atoms with Crippen LogP contribution in [0.3, 0.4) is 0 Å². The third-order valence-corrected chi connectivity index (χ3v) is 14.9. The molecule has 0 unspecified atom stereocenters. The van der Waals surface area contributed by atoms with E-state index in [1.807, 2.05) is 0 Å². The highest BCUT2D eigenvalue weighted by Crippen LogP contribution is 2.59. The highest BCUT2D eigenvalue weighted by atomic mass is 15.1. The maximum absolute atomic E-state index is 2.46. The van der Waals surface area contributed by atoms with Crippen molar-refractivity contribution in [1.29, 1.82) is 0 Å². The number of anilines is 3. The molecule has 0 aromatic heterocycles. The van der Waals surface area contributed by atoms with Gasteiger partial charge in [0.1, 0.15) is 0 Å². The average molecular weight is 878 g/mol. The Kier molecular flexibility index (Phi) is 9.70. The monoisotopic (exact) mass is 877 g/mol. The van der Waals surface area contributed by atoms with Gasteiger partial charge in [-0.2, -0.15) is 0 Å². The van der Waals surface area contributed by atoms with Crippen LogP contribution in [0.1, 0.15) is 44.5 Å². The normalized spacial score (nSPS) is 13.4. The van der Waals surface area contributed by atoms with Crippen LogP contribution in [0.4, 0.5) is 17.1 Å². The molecule has 2 aliphatic rings. The summed E-state index contributed by atoms with van der Waals surface area (Å²) in [5.74, 6) is 0. The summed E-state index contributed by atoms with van der Waals surface area (Å²) in [6.07, 6.45) is 0. The van der Waals surface area contributed by atoms with Crippen LogP contribution in [-0.2, 0) is 10.8 Å². The molecule has 0 N–H and O–H groups in total. The SMILES string of the molecule is c1ccc(-c2ccc(N(c3ccc(-c4ccc5c(c4)-c4ccccc4C5(c4ccccc4)c4ccccc4)cc3)c3ccc4c(c3)C(c3ccccc3)(c3ccccc3)c3ccccc3-4)cc2)cc1. The molecule has 0 heterocycles. The lowest BCUT2D eigenvalue weighted by molar-refractivity contribution is 0.768. The molecular weight excluding hydrogens is 831 g/mol. The maximum Gasteiger partial charge on any atom is 0.0714 e. The molecule has 0 spiro atoms. The summed E-state index contributed by atoms with van der Waals surface area (Å²) in [6, 6.07) is 105. The number of hydrogen-bond acceptors (Lipinski definition) is 1. The standard InChI is InChI=1S/C68H47N/c1-6-20-48(21-7-1)49-34-39-56(40-35-49)69(58-43-44-61-59-30-16-18-32-63(59)68(66(61)47-58,54-26-12-4-13-27-54)55-28-14-5-15-29-55)57-41-36-50(37-42-57)51-38-45-65-62(46-51)60-31-17-19-33-64(60)67(65,52-22-8-2-9-23-52)53-24-10-3-11-25-53/h1-47H.